The Balaban J connectivity index is 2.41. The number of ketones is 1. The third kappa shape index (κ3) is 1.02. The lowest BCUT2D eigenvalue weighted by molar-refractivity contribution is -0.570. The largest absolute Gasteiger partial charge is 0.385 e. The third-order valence-electron chi connectivity index (χ3n) is 3.57. The molecular formula is C9H13NO4. The van der Waals surface area contributed by atoms with Crippen LogP contribution in [-0.2, 0) is 4.79 Å². The van der Waals surface area contributed by atoms with Crippen molar-refractivity contribution in [3.63, 3.8) is 0 Å². The average Bonchev–Trinajstić information content (AvgIpc) is 2.12. The fraction of sp³-hybridized carbons (Fsp3) is 0.889. The van der Waals surface area contributed by atoms with Crippen LogP contribution < -0.4 is 0 Å². The van der Waals surface area contributed by atoms with Crippen molar-refractivity contribution in [3.8, 4) is 0 Å². The Morgan fingerprint density at radius 3 is 2.71 bits per heavy atom. The molecule has 0 heterocycles. The van der Waals surface area contributed by atoms with Crippen LogP contribution in [0.4, 0.5) is 0 Å². The molecule has 0 radical (unpaired) electrons. The van der Waals surface area contributed by atoms with Crippen molar-refractivity contribution >= 4 is 5.78 Å². The van der Waals surface area contributed by atoms with Crippen molar-refractivity contribution in [1.82, 2.24) is 0 Å². The first-order valence-electron chi connectivity index (χ1n) is 4.96. The van der Waals surface area contributed by atoms with Crippen LogP contribution in [0.5, 0.6) is 0 Å². The summed E-state index contributed by atoms with van der Waals surface area (Å²) in [5.41, 5.74) is -1.67. The van der Waals surface area contributed by atoms with E-state index in [1.807, 2.05) is 0 Å². The molecule has 14 heavy (non-hydrogen) atoms. The molecule has 0 saturated heterocycles. The number of Topliss-reactive ketones (excluding diaryl/α,β-unsaturated/α-hetero) is 1. The van der Waals surface area contributed by atoms with Crippen LogP contribution in [0, 0.1) is 16.0 Å². The zero-order valence-corrected chi connectivity index (χ0v) is 7.81. The van der Waals surface area contributed by atoms with Gasteiger partial charge in [0.15, 0.2) is 0 Å². The van der Waals surface area contributed by atoms with Crippen molar-refractivity contribution in [2.45, 2.75) is 43.7 Å². The molecule has 2 aliphatic rings. The summed E-state index contributed by atoms with van der Waals surface area (Å²) in [6.07, 6.45) is 1.54. The molecule has 0 aromatic heterocycles. The second kappa shape index (κ2) is 3.02. The van der Waals surface area contributed by atoms with Crippen LogP contribution in [0.3, 0.4) is 0 Å². The number of hydrogen-bond donors (Lipinski definition) is 1. The van der Waals surface area contributed by atoms with Gasteiger partial charge in [-0.1, -0.05) is 0 Å². The highest BCUT2D eigenvalue weighted by molar-refractivity contribution is 5.91. The summed E-state index contributed by atoms with van der Waals surface area (Å²) < 4.78 is 0. The zero-order chi connectivity index (χ0) is 10.3. The Hall–Kier alpha value is -0.970. The zero-order valence-electron chi connectivity index (χ0n) is 7.81. The van der Waals surface area contributed by atoms with E-state index in [-0.39, 0.29) is 18.1 Å². The van der Waals surface area contributed by atoms with Crippen LogP contribution in [-0.4, -0.2) is 27.5 Å². The minimum atomic E-state index is -1.67. The molecule has 0 aromatic rings. The second-order valence-electron chi connectivity index (χ2n) is 4.23. The van der Waals surface area contributed by atoms with Crippen molar-refractivity contribution in [2.75, 3.05) is 0 Å². The molecule has 5 heteroatoms. The van der Waals surface area contributed by atoms with Gasteiger partial charge in [0.05, 0.1) is 0 Å². The van der Waals surface area contributed by atoms with Crippen LogP contribution in [0.2, 0.25) is 0 Å². The van der Waals surface area contributed by atoms with Gasteiger partial charge in [0, 0.05) is 17.3 Å². The van der Waals surface area contributed by atoms with Gasteiger partial charge in [-0.2, -0.15) is 0 Å². The van der Waals surface area contributed by atoms with Gasteiger partial charge in [0.1, 0.15) is 6.10 Å². The second-order valence-corrected chi connectivity index (χ2v) is 4.23. The van der Waals surface area contributed by atoms with E-state index >= 15 is 0 Å². The monoisotopic (exact) mass is 199 g/mol. The maximum absolute atomic E-state index is 11.8. The van der Waals surface area contributed by atoms with Crippen LogP contribution in [0.25, 0.3) is 0 Å². The SMILES string of the molecule is O=C1C2CCCC1([N+](=O)[O-])C(O)CC2. The molecule has 2 aliphatic carbocycles. The first-order chi connectivity index (χ1) is 6.59. The predicted octanol–water partition coefficient (Wildman–Crippen LogP) is 0.526. The highest BCUT2D eigenvalue weighted by Crippen LogP contribution is 2.42. The highest BCUT2D eigenvalue weighted by Gasteiger charge is 2.62. The molecule has 2 bridgehead atoms. The minimum absolute atomic E-state index is 0.183. The maximum atomic E-state index is 11.8. The molecule has 2 rings (SSSR count). The first kappa shape index (κ1) is 9.58. The van der Waals surface area contributed by atoms with Crippen molar-refractivity contribution in [2.24, 2.45) is 5.92 Å². The molecule has 2 fully saturated rings. The van der Waals surface area contributed by atoms with Gasteiger partial charge in [-0.05, 0) is 25.7 Å². The number of aliphatic hydroxyl groups excluding tert-OH is 1. The molecule has 0 aliphatic heterocycles. The summed E-state index contributed by atoms with van der Waals surface area (Å²) in [4.78, 5) is 22.1. The summed E-state index contributed by atoms with van der Waals surface area (Å²) in [5.74, 6) is -0.523. The number of carbonyl (C=O) groups excluding carboxylic acids is 1. The molecular weight excluding hydrogens is 186 g/mol. The van der Waals surface area contributed by atoms with Crippen LogP contribution >= 0.6 is 0 Å². The average molecular weight is 199 g/mol. The third-order valence-corrected chi connectivity index (χ3v) is 3.57. The fourth-order valence-electron chi connectivity index (χ4n) is 2.73. The van der Waals surface area contributed by atoms with E-state index in [0.717, 1.165) is 6.42 Å². The number of carbonyl (C=O) groups is 1. The minimum Gasteiger partial charge on any atom is -0.385 e. The predicted molar refractivity (Wildman–Crippen MR) is 47.3 cm³/mol. The van der Waals surface area contributed by atoms with Crippen LogP contribution in [0.1, 0.15) is 32.1 Å². The lowest BCUT2D eigenvalue weighted by atomic mass is 9.65. The van der Waals surface area contributed by atoms with E-state index in [1.165, 1.54) is 0 Å². The van der Waals surface area contributed by atoms with E-state index in [0.29, 0.717) is 19.3 Å². The summed E-state index contributed by atoms with van der Waals surface area (Å²) in [5, 5.41) is 20.6. The fourth-order valence-corrected chi connectivity index (χ4v) is 2.73. The molecule has 5 nitrogen and oxygen atoms in total. The van der Waals surface area contributed by atoms with E-state index in [4.69, 9.17) is 0 Å². The Kier molecular flexibility index (Phi) is 2.06. The molecule has 78 valence electrons. The van der Waals surface area contributed by atoms with Gasteiger partial charge in [-0.3, -0.25) is 14.9 Å². The summed E-state index contributed by atoms with van der Waals surface area (Å²) in [6, 6.07) is 0. The summed E-state index contributed by atoms with van der Waals surface area (Å²) in [6.45, 7) is 0. The number of aliphatic hydroxyl groups is 1. The van der Waals surface area contributed by atoms with Gasteiger partial charge >= 0.3 is 5.54 Å². The van der Waals surface area contributed by atoms with Crippen molar-refractivity contribution in [1.29, 1.82) is 0 Å². The molecule has 1 N–H and O–H groups in total. The normalized spacial score (nSPS) is 42.2. The topological polar surface area (TPSA) is 80.4 Å². The Labute approximate surface area is 81.3 Å². The number of hydrogen-bond acceptors (Lipinski definition) is 4. The van der Waals surface area contributed by atoms with Gasteiger partial charge in [0.2, 0.25) is 5.78 Å². The maximum Gasteiger partial charge on any atom is 0.304 e. The van der Waals surface area contributed by atoms with Crippen molar-refractivity contribution in [3.05, 3.63) is 10.1 Å². The highest BCUT2D eigenvalue weighted by atomic mass is 16.6. The number of nitro groups is 1. The van der Waals surface area contributed by atoms with E-state index in [9.17, 15) is 20.0 Å². The quantitative estimate of drug-likeness (QED) is 0.493. The number of rotatable bonds is 1. The summed E-state index contributed by atoms with van der Waals surface area (Å²) in [7, 11) is 0. The molecule has 3 unspecified atom stereocenters. The molecule has 0 amide bonds. The number of fused-ring (bicyclic) bond motifs is 2. The molecule has 0 spiro atoms. The lowest BCUT2D eigenvalue weighted by Crippen LogP contribution is -2.62. The smallest absolute Gasteiger partial charge is 0.304 e. The van der Waals surface area contributed by atoms with Gasteiger partial charge < -0.3 is 5.11 Å². The molecule has 3 atom stereocenters. The van der Waals surface area contributed by atoms with E-state index in [1.54, 1.807) is 0 Å². The Morgan fingerprint density at radius 1 is 1.43 bits per heavy atom. The number of nitrogens with zero attached hydrogens (tertiary/aromatic N) is 1. The lowest BCUT2D eigenvalue weighted by Gasteiger charge is -2.39. The standard InChI is InChI=1S/C9H13NO4/c11-7-4-3-6-2-1-5-9(7,8(6)12)10(13)14/h6-7,11H,1-5H2. The van der Waals surface area contributed by atoms with E-state index < -0.39 is 16.6 Å². The Bertz CT molecular complexity index is 291. The Morgan fingerprint density at radius 2 is 2.14 bits per heavy atom. The molecule has 2 saturated carbocycles. The summed E-state index contributed by atoms with van der Waals surface area (Å²) >= 11 is 0. The van der Waals surface area contributed by atoms with Gasteiger partial charge in [-0.15, -0.1) is 0 Å². The van der Waals surface area contributed by atoms with Gasteiger partial charge in [-0.25, -0.2) is 0 Å². The van der Waals surface area contributed by atoms with Crippen LogP contribution in [0.15, 0.2) is 0 Å². The molecule has 0 aromatic carbocycles. The van der Waals surface area contributed by atoms with E-state index in [2.05, 4.69) is 0 Å². The van der Waals surface area contributed by atoms with Crippen molar-refractivity contribution < 1.29 is 14.8 Å². The van der Waals surface area contributed by atoms with Gasteiger partial charge in [0.25, 0.3) is 0 Å². The first-order valence-corrected chi connectivity index (χ1v) is 4.96.